The van der Waals surface area contributed by atoms with E-state index in [1.807, 2.05) is 6.07 Å². The third-order valence-electron chi connectivity index (χ3n) is 4.19. The topological polar surface area (TPSA) is 48.0 Å². The molecule has 3 atom stereocenters. The molecule has 0 bridgehead atoms. The van der Waals surface area contributed by atoms with Crippen LogP contribution in [-0.4, -0.2) is 44.9 Å². The molecule has 1 heterocycles. The van der Waals surface area contributed by atoms with Gasteiger partial charge < -0.3 is 19.1 Å². The van der Waals surface area contributed by atoms with Gasteiger partial charge in [-0.05, 0) is 24.5 Å². The van der Waals surface area contributed by atoms with Crippen LogP contribution in [0.4, 0.5) is 4.79 Å². The van der Waals surface area contributed by atoms with E-state index in [4.69, 9.17) is 22.1 Å². The van der Waals surface area contributed by atoms with Crippen molar-refractivity contribution in [1.29, 1.82) is 0 Å². The van der Waals surface area contributed by atoms with Crippen LogP contribution in [0.3, 0.4) is 0 Å². The van der Waals surface area contributed by atoms with Crippen molar-refractivity contribution >= 4 is 13.7 Å². The molecule has 1 saturated heterocycles. The molecule has 1 amide bonds. The van der Waals surface area contributed by atoms with Crippen molar-refractivity contribution in [1.82, 2.24) is 4.90 Å². The first kappa shape index (κ1) is 18.4. The lowest BCUT2D eigenvalue weighted by atomic mass is 9.95. The monoisotopic (exact) mass is 329 g/mol. The average Bonchev–Trinajstić information content (AvgIpc) is 2.91. The molecule has 0 spiro atoms. The molecule has 1 unspecified atom stereocenters. The molecule has 0 aromatic heterocycles. The van der Waals surface area contributed by atoms with Gasteiger partial charge in [-0.1, -0.05) is 26.0 Å². The molecule has 128 valence electrons. The van der Waals surface area contributed by atoms with E-state index in [1.54, 1.807) is 37.3 Å². The summed E-state index contributed by atoms with van der Waals surface area (Å²) >= 11 is 0. The lowest BCUT2D eigenvalue weighted by Crippen LogP contribution is -2.40. The molecule has 2 radical (unpaired) electrons. The molecule has 24 heavy (non-hydrogen) atoms. The smallest absolute Gasteiger partial charge is 0.200 e. The van der Waals surface area contributed by atoms with Gasteiger partial charge in [0.1, 0.15) is 11.5 Å². The molecular weight excluding hydrogens is 305 g/mol. The second-order valence-corrected chi connectivity index (χ2v) is 6.21. The number of hydrogen-bond acceptors (Lipinski definition) is 4. The summed E-state index contributed by atoms with van der Waals surface area (Å²) in [5, 5.41) is 0. The lowest BCUT2D eigenvalue weighted by molar-refractivity contribution is 0.0272. The molecule has 6 heteroatoms. The minimum absolute atomic E-state index is 0.181. The van der Waals surface area contributed by atoms with Gasteiger partial charge >= 0.3 is 0 Å². The maximum Gasteiger partial charge on any atom is 0.200 e. The molecule has 1 aromatic rings. The Labute approximate surface area is 145 Å². The number of nitrogens with zero attached hydrogens (tertiary/aromatic N) is 1. The average molecular weight is 329 g/mol. The Kier molecular flexibility index (Phi) is 5.94. The first-order chi connectivity index (χ1) is 11.4. The van der Waals surface area contributed by atoms with Gasteiger partial charge in [0.25, 0.3) is 0 Å². The summed E-state index contributed by atoms with van der Waals surface area (Å²) in [4.78, 5) is 13.8. The van der Waals surface area contributed by atoms with Crippen LogP contribution in [0.2, 0.25) is 0 Å². The molecular formula is C18H24BNO4. The van der Waals surface area contributed by atoms with E-state index in [1.165, 1.54) is 0 Å². The fourth-order valence-electron chi connectivity index (χ4n) is 3.19. The van der Waals surface area contributed by atoms with Gasteiger partial charge in [0.15, 0.2) is 12.0 Å². The predicted molar refractivity (Wildman–Crippen MR) is 93.6 cm³/mol. The van der Waals surface area contributed by atoms with Gasteiger partial charge in [0, 0.05) is 0 Å². The minimum Gasteiger partial charge on any atom is -0.496 e. The maximum absolute atomic E-state index is 12.2. The normalized spacial score (nSPS) is 23.4. The minimum atomic E-state index is -0.680. The summed E-state index contributed by atoms with van der Waals surface area (Å²) in [6, 6.07) is 5.25. The number of rotatable bonds is 6. The van der Waals surface area contributed by atoms with Gasteiger partial charge in [-0.2, -0.15) is 0 Å². The third kappa shape index (κ3) is 3.43. The van der Waals surface area contributed by atoms with Crippen LogP contribution in [0.1, 0.15) is 32.1 Å². The number of methoxy groups -OCH3 is 2. The van der Waals surface area contributed by atoms with Crippen LogP contribution in [0, 0.1) is 5.92 Å². The summed E-state index contributed by atoms with van der Waals surface area (Å²) in [5.41, 5.74) is 0.652. The molecule has 0 N–H and O–H groups in total. The standard InChI is InChI=1S/C18H24BNO4/c1-6-13-12(10-11(2)3)20(18(19)21)17(24-13)16-14(22-4)8-7-9-15(16)23-5/h6-9,11-13,17H,1,10H2,2-5H3/t12-,13-,17?/m0/s1. The van der Waals surface area contributed by atoms with E-state index >= 15 is 0 Å². The van der Waals surface area contributed by atoms with Gasteiger partial charge in [-0.15, -0.1) is 6.58 Å². The molecule has 1 fully saturated rings. The fourth-order valence-corrected chi connectivity index (χ4v) is 3.19. The van der Waals surface area contributed by atoms with Crippen molar-refractivity contribution in [3.8, 4) is 11.5 Å². The predicted octanol–water partition coefficient (Wildman–Crippen LogP) is 3.29. The van der Waals surface area contributed by atoms with Gasteiger partial charge in [-0.3, -0.25) is 4.79 Å². The Morgan fingerprint density at radius 3 is 2.38 bits per heavy atom. The third-order valence-corrected chi connectivity index (χ3v) is 4.19. The zero-order valence-corrected chi connectivity index (χ0v) is 14.7. The largest absolute Gasteiger partial charge is 0.496 e. The Morgan fingerprint density at radius 1 is 1.38 bits per heavy atom. The SMILES string of the molecule is [B]C(=O)N1C(c2c(OC)cccc2OC)O[C@@H](C=C)[C@@H]1CC(C)C. The summed E-state index contributed by atoms with van der Waals surface area (Å²) in [5.74, 6) is 1.00. The highest BCUT2D eigenvalue weighted by molar-refractivity contribution is 6.57. The van der Waals surface area contributed by atoms with E-state index in [-0.39, 0.29) is 12.1 Å². The first-order valence-electron chi connectivity index (χ1n) is 8.01. The quantitative estimate of drug-likeness (QED) is 0.593. The van der Waals surface area contributed by atoms with Crippen LogP contribution in [0.5, 0.6) is 11.5 Å². The van der Waals surface area contributed by atoms with Gasteiger partial charge in [0.2, 0.25) is 7.85 Å². The van der Waals surface area contributed by atoms with Gasteiger partial charge in [-0.25, -0.2) is 0 Å². The van der Waals surface area contributed by atoms with Crippen LogP contribution in [-0.2, 0) is 4.74 Å². The van der Waals surface area contributed by atoms with Crippen LogP contribution >= 0.6 is 0 Å². The summed E-state index contributed by atoms with van der Waals surface area (Å²) < 4.78 is 17.0. The summed E-state index contributed by atoms with van der Waals surface area (Å²) in [7, 11) is 8.82. The van der Waals surface area contributed by atoms with E-state index in [0.717, 1.165) is 6.42 Å². The Balaban J connectivity index is 2.53. The highest BCUT2D eigenvalue weighted by Gasteiger charge is 2.44. The van der Waals surface area contributed by atoms with Crippen LogP contribution in [0.15, 0.2) is 30.9 Å². The van der Waals surface area contributed by atoms with Crippen molar-refractivity contribution in [2.75, 3.05) is 14.2 Å². The van der Waals surface area contributed by atoms with E-state index in [0.29, 0.717) is 23.0 Å². The van der Waals surface area contributed by atoms with Crippen molar-refractivity contribution in [3.05, 3.63) is 36.4 Å². The maximum atomic E-state index is 12.2. The first-order valence-corrected chi connectivity index (χ1v) is 8.01. The van der Waals surface area contributed by atoms with Crippen molar-refractivity contribution in [2.45, 2.75) is 38.6 Å². The van der Waals surface area contributed by atoms with E-state index in [9.17, 15) is 4.79 Å². The molecule has 0 saturated carbocycles. The highest BCUT2D eigenvalue weighted by atomic mass is 16.5. The Bertz CT molecular complexity index is 582. The van der Waals surface area contributed by atoms with E-state index in [2.05, 4.69) is 20.4 Å². The zero-order valence-electron chi connectivity index (χ0n) is 14.7. The number of benzene rings is 1. The van der Waals surface area contributed by atoms with Crippen LogP contribution < -0.4 is 9.47 Å². The lowest BCUT2D eigenvalue weighted by Gasteiger charge is -2.30. The fraction of sp³-hybridized carbons (Fsp3) is 0.500. The van der Waals surface area contributed by atoms with Gasteiger partial charge in [0.05, 0.1) is 31.9 Å². The zero-order chi connectivity index (χ0) is 17.9. The van der Waals surface area contributed by atoms with Crippen molar-refractivity contribution < 1.29 is 19.0 Å². The molecule has 0 aliphatic carbocycles. The van der Waals surface area contributed by atoms with Crippen molar-refractivity contribution in [3.63, 3.8) is 0 Å². The highest BCUT2D eigenvalue weighted by Crippen LogP contribution is 2.44. The Hall–Kier alpha value is -1.95. The number of amides is 1. The number of carbonyl (C=O) groups is 1. The molecule has 1 aliphatic rings. The van der Waals surface area contributed by atoms with Crippen LogP contribution in [0.25, 0.3) is 0 Å². The second-order valence-electron chi connectivity index (χ2n) is 6.21. The Morgan fingerprint density at radius 2 is 1.96 bits per heavy atom. The number of carbonyl (C=O) groups excluding carboxylic acids is 1. The summed E-state index contributed by atoms with van der Waals surface area (Å²) in [6.45, 7) is 8.03. The molecule has 1 aromatic carbocycles. The van der Waals surface area contributed by atoms with E-state index < -0.39 is 12.0 Å². The number of hydrogen-bond donors (Lipinski definition) is 0. The second kappa shape index (κ2) is 7.75. The molecule has 2 rings (SSSR count). The molecule has 5 nitrogen and oxygen atoms in total. The number of ether oxygens (including phenoxy) is 3. The molecule has 1 aliphatic heterocycles. The van der Waals surface area contributed by atoms with Crippen molar-refractivity contribution in [2.24, 2.45) is 5.92 Å². The summed E-state index contributed by atoms with van der Waals surface area (Å²) in [6.07, 6.45) is 1.48.